The Bertz CT molecular complexity index is 1260. The van der Waals surface area contributed by atoms with E-state index < -0.39 is 12.0 Å². The minimum Gasteiger partial charge on any atom is -0.458 e. The predicted molar refractivity (Wildman–Crippen MR) is 150 cm³/mol. The molecule has 192 valence electrons. The van der Waals surface area contributed by atoms with Crippen LogP contribution in [0.25, 0.3) is 0 Å². The third-order valence-corrected chi connectivity index (χ3v) is 7.38. The molecule has 2 aromatic carbocycles. The van der Waals surface area contributed by atoms with Crippen molar-refractivity contribution < 1.29 is 14.3 Å². The van der Waals surface area contributed by atoms with Crippen molar-refractivity contribution in [3.63, 3.8) is 0 Å². The number of carbonyl (C=O) groups excluding carboxylic acids is 2. The SMILES string of the molecule is C=CCOC(=O)C1=C(C)N=C2SC=C(CC(=O)N(C)Cc3ccccc3)N2C1c1ccc(C(C)C)cc1. The highest BCUT2D eigenvalue weighted by Gasteiger charge is 2.41. The molecular formula is C30H33N3O3S. The van der Waals surface area contributed by atoms with Crippen molar-refractivity contribution >= 4 is 28.8 Å². The summed E-state index contributed by atoms with van der Waals surface area (Å²) in [6.07, 6.45) is 1.75. The molecule has 1 unspecified atom stereocenters. The lowest BCUT2D eigenvalue weighted by molar-refractivity contribution is -0.138. The molecule has 0 fully saturated rings. The van der Waals surface area contributed by atoms with E-state index in [-0.39, 0.29) is 18.9 Å². The summed E-state index contributed by atoms with van der Waals surface area (Å²) < 4.78 is 5.47. The molecule has 2 heterocycles. The number of amidine groups is 1. The number of thioether (sulfide) groups is 1. The summed E-state index contributed by atoms with van der Waals surface area (Å²) in [6.45, 7) is 10.4. The summed E-state index contributed by atoms with van der Waals surface area (Å²) in [7, 11) is 1.81. The lowest BCUT2D eigenvalue weighted by Gasteiger charge is -2.36. The van der Waals surface area contributed by atoms with Gasteiger partial charge in [0.05, 0.1) is 23.7 Å². The molecule has 2 aliphatic heterocycles. The number of fused-ring (bicyclic) bond motifs is 1. The lowest BCUT2D eigenvalue weighted by Crippen LogP contribution is -2.38. The number of esters is 1. The first-order valence-electron chi connectivity index (χ1n) is 12.4. The minimum absolute atomic E-state index is 0.00656. The lowest BCUT2D eigenvalue weighted by atomic mass is 9.92. The van der Waals surface area contributed by atoms with Crippen LogP contribution >= 0.6 is 11.8 Å². The predicted octanol–water partition coefficient (Wildman–Crippen LogP) is 6.16. The van der Waals surface area contributed by atoms with Crippen LogP contribution in [0.1, 0.15) is 55.8 Å². The van der Waals surface area contributed by atoms with Crippen LogP contribution < -0.4 is 0 Å². The molecule has 1 atom stereocenters. The van der Waals surface area contributed by atoms with Crippen LogP contribution in [0.2, 0.25) is 0 Å². The van der Waals surface area contributed by atoms with Crippen molar-refractivity contribution in [1.82, 2.24) is 9.80 Å². The average molecular weight is 516 g/mol. The number of carbonyl (C=O) groups is 2. The normalized spacial score (nSPS) is 16.8. The van der Waals surface area contributed by atoms with Gasteiger partial charge in [-0.25, -0.2) is 9.79 Å². The van der Waals surface area contributed by atoms with Gasteiger partial charge in [-0.3, -0.25) is 4.79 Å². The summed E-state index contributed by atoms with van der Waals surface area (Å²) in [4.78, 5) is 35.0. The molecule has 2 aliphatic rings. The molecule has 0 radical (unpaired) electrons. The maximum absolute atomic E-state index is 13.3. The molecule has 0 aliphatic carbocycles. The second-order valence-corrected chi connectivity index (χ2v) is 10.4. The number of nitrogens with zero attached hydrogens (tertiary/aromatic N) is 3. The van der Waals surface area contributed by atoms with Crippen LogP contribution in [-0.2, 0) is 20.9 Å². The molecule has 2 aromatic rings. The summed E-state index contributed by atoms with van der Waals surface area (Å²) >= 11 is 1.47. The Balaban J connectivity index is 1.65. The van der Waals surface area contributed by atoms with E-state index in [9.17, 15) is 9.59 Å². The van der Waals surface area contributed by atoms with Gasteiger partial charge >= 0.3 is 5.97 Å². The fraction of sp³-hybridized carbons (Fsp3) is 0.300. The number of aliphatic imine (C=N–C) groups is 1. The monoisotopic (exact) mass is 515 g/mol. The molecule has 0 saturated carbocycles. The molecular weight excluding hydrogens is 482 g/mol. The second-order valence-electron chi connectivity index (χ2n) is 9.51. The number of hydrogen-bond acceptors (Lipinski definition) is 6. The first-order valence-corrected chi connectivity index (χ1v) is 13.3. The Morgan fingerprint density at radius 3 is 2.51 bits per heavy atom. The molecule has 0 saturated heterocycles. The van der Waals surface area contributed by atoms with Crippen LogP contribution in [0.3, 0.4) is 0 Å². The smallest absolute Gasteiger partial charge is 0.338 e. The van der Waals surface area contributed by atoms with E-state index in [4.69, 9.17) is 9.73 Å². The summed E-state index contributed by atoms with van der Waals surface area (Å²) in [5.41, 5.74) is 5.14. The van der Waals surface area contributed by atoms with Crippen LogP contribution in [0.15, 0.2) is 94.6 Å². The summed E-state index contributed by atoms with van der Waals surface area (Å²) in [5.74, 6) is -0.0442. The third-order valence-electron chi connectivity index (χ3n) is 6.49. The molecule has 7 heteroatoms. The molecule has 37 heavy (non-hydrogen) atoms. The van der Waals surface area contributed by atoms with Gasteiger partial charge in [0.15, 0.2) is 5.17 Å². The van der Waals surface area contributed by atoms with E-state index in [0.717, 1.165) is 22.0 Å². The van der Waals surface area contributed by atoms with E-state index >= 15 is 0 Å². The fourth-order valence-corrected chi connectivity index (χ4v) is 5.42. The molecule has 0 N–H and O–H groups in total. The first kappa shape index (κ1) is 26.5. The van der Waals surface area contributed by atoms with Crippen molar-refractivity contribution in [2.45, 2.75) is 45.7 Å². The van der Waals surface area contributed by atoms with Gasteiger partial charge in [0.2, 0.25) is 5.91 Å². The van der Waals surface area contributed by atoms with Gasteiger partial charge in [0.25, 0.3) is 0 Å². The van der Waals surface area contributed by atoms with E-state index in [2.05, 4.69) is 44.7 Å². The molecule has 6 nitrogen and oxygen atoms in total. The number of ether oxygens (including phenoxy) is 1. The Hall–Kier alpha value is -3.58. The van der Waals surface area contributed by atoms with Gasteiger partial charge in [-0.05, 0) is 34.9 Å². The van der Waals surface area contributed by atoms with Crippen molar-refractivity contribution in [1.29, 1.82) is 0 Å². The largest absolute Gasteiger partial charge is 0.458 e. The quantitative estimate of drug-likeness (QED) is 0.296. The molecule has 0 spiro atoms. The minimum atomic E-state index is -0.445. The highest BCUT2D eigenvalue weighted by atomic mass is 32.2. The summed E-state index contributed by atoms with van der Waals surface area (Å²) in [5, 5.41) is 2.72. The highest BCUT2D eigenvalue weighted by molar-refractivity contribution is 8.16. The van der Waals surface area contributed by atoms with Crippen LogP contribution in [0.5, 0.6) is 0 Å². The van der Waals surface area contributed by atoms with Gasteiger partial charge in [-0.15, -0.1) is 0 Å². The van der Waals surface area contributed by atoms with Crippen LogP contribution in [-0.4, -0.2) is 40.5 Å². The zero-order chi connectivity index (χ0) is 26.5. The van der Waals surface area contributed by atoms with E-state index in [1.165, 1.54) is 17.3 Å². The molecule has 1 amide bonds. The van der Waals surface area contributed by atoms with Crippen molar-refractivity contribution in [2.24, 2.45) is 4.99 Å². The standard InChI is InChI=1S/C30H33N3O3S/c1-6-16-36-29(35)27-21(4)31-30-33(28(27)24-14-12-23(13-15-24)20(2)3)25(19-37-30)17-26(34)32(5)18-22-10-8-7-9-11-22/h6-15,19-20,28H,1,16-18H2,2-5H3. The zero-order valence-corrected chi connectivity index (χ0v) is 22.6. The molecule has 0 bridgehead atoms. The van der Waals surface area contributed by atoms with Gasteiger partial charge in [0.1, 0.15) is 6.61 Å². The number of allylic oxidation sites excluding steroid dienone is 1. The molecule has 4 rings (SSSR count). The van der Waals surface area contributed by atoms with Gasteiger partial charge < -0.3 is 14.5 Å². The van der Waals surface area contributed by atoms with Gasteiger partial charge in [-0.2, -0.15) is 0 Å². The fourth-order valence-electron chi connectivity index (χ4n) is 4.46. The molecule has 0 aromatic heterocycles. The third kappa shape index (κ3) is 5.88. The van der Waals surface area contributed by atoms with E-state index in [0.29, 0.717) is 23.7 Å². The number of amides is 1. The number of hydrogen-bond donors (Lipinski definition) is 0. The van der Waals surface area contributed by atoms with Crippen molar-refractivity contribution in [3.8, 4) is 0 Å². The van der Waals surface area contributed by atoms with Gasteiger partial charge in [-0.1, -0.05) is 92.9 Å². The van der Waals surface area contributed by atoms with Crippen LogP contribution in [0, 0.1) is 0 Å². The average Bonchev–Trinajstić information content (AvgIpc) is 3.28. The van der Waals surface area contributed by atoms with Crippen LogP contribution in [0.4, 0.5) is 0 Å². The second kappa shape index (κ2) is 11.6. The highest BCUT2D eigenvalue weighted by Crippen LogP contribution is 2.45. The maximum atomic E-state index is 13.3. The van der Waals surface area contributed by atoms with Gasteiger partial charge in [0, 0.05) is 19.3 Å². The maximum Gasteiger partial charge on any atom is 0.338 e. The topological polar surface area (TPSA) is 62.2 Å². The summed E-state index contributed by atoms with van der Waals surface area (Å²) in [6, 6.07) is 17.8. The Morgan fingerprint density at radius 1 is 1.16 bits per heavy atom. The number of benzene rings is 2. The zero-order valence-electron chi connectivity index (χ0n) is 21.8. The Kier molecular flexibility index (Phi) is 8.34. The Morgan fingerprint density at radius 2 is 1.86 bits per heavy atom. The number of rotatable bonds is 9. The van der Waals surface area contributed by atoms with Crippen molar-refractivity contribution in [2.75, 3.05) is 13.7 Å². The van der Waals surface area contributed by atoms with E-state index in [1.807, 2.05) is 54.6 Å². The first-order chi connectivity index (χ1) is 17.8. The van der Waals surface area contributed by atoms with E-state index in [1.54, 1.807) is 11.0 Å². The Labute approximate surface area is 223 Å². The van der Waals surface area contributed by atoms with Crippen molar-refractivity contribution in [3.05, 3.63) is 106 Å².